The fraction of sp³-hybridized carbons (Fsp3) is 0.333. The van der Waals surface area contributed by atoms with Gasteiger partial charge in [-0.1, -0.05) is 25.1 Å². The van der Waals surface area contributed by atoms with E-state index in [2.05, 4.69) is 20.1 Å². The van der Waals surface area contributed by atoms with E-state index in [1.807, 2.05) is 38.1 Å². The summed E-state index contributed by atoms with van der Waals surface area (Å²) in [6.07, 6.45) is -2.92. The fourth-order valence-corrected chi connectivity index (χ4v) is 3.19. The molecule has 2 amide bonds. The molecule has 7 nitrogen and oxygen atoms in total. The Bertz CT molecular complexity index is 936. The van der Waals surface area contributed by atoms with Crippen LogP contribution in [0.2, 0.25) is 0 Å². The van der Waals surface area contributed by atoms with Crippen molar-refractivity contribution < 1.29 is 32.7 Å². The second kappa shape index (κ2) is 9.08. The summed E-state index contributed by atoms with van der Waals surface area (Å²) in [5.74, 6) is -0.768. The van der Waals surface area contributed by atoms with Crippen LogP contribution in [-0.2, 0) is 9.59 Å². The van der Waals surface area contributed by atoms with Gasteiger partial charge in [-0.2, -0.15) is 0 Å². The van der Waals surface area contributed by atoms with Crippen LogP contribution in [-0.4, -0.2) is 37.7 Å². The number of halogens is 2. The van der Waals surface area contributed by atoms with Crippen molar-refractivity contribution in [3.8, 4) is 11.5 Å². The predicted octanol–water partition coefficient (Wildman–Crippen LogP) is 2.19. The number of para-hydroxylation sites is 1. The minimum absolute atomic E-state index is 0.0552. The zero-order valence-corrected chi connectivity index (χ0v) is 16.8. The summed E-state index contributed by atoms with van der Waals surface area (Å²) in [7, 11) is 0. The van der Waals surface area contributed by atoms with Gasteiger partial charge in [0.1, 0.15) is 0 Å². The van der Waals surface area contributed by atoms with E-state index in [-0.39, 0.29) is 36.4 Å². The number of aryl methyl sites for hydroxylation is 1. The number of fused-ring (bicyclic) bond motifs is 1. The number of alkyl halides is 2. The first-order chi connectivity index (χ1) is 14.3. The highest BCUT2D eigenvalue weighted by atomic mass is 19.3. The average molecular weight is 420 g/mol. The third kappa shape index (κ3) is 5.66. The van der Waals surface area contributed by atoms with E-state index in [9.17, 15) is 18.4 Å². The van der Waals surface area contributed by atoms with E-state index in [0.717, 1.165) is 22.6 Å². The molecule has 0 saturated heterocycles. The molecule has 1 atom stereocenters. The number of nitrogens with one attached hydrogen (secondary N) is 3. The molecule has 0 radical (unpaired) electrons. The van der Waals surface area contributed by atoms with Crippen molar-refractivity contribution in [1.82, 2.24) is 0 Å². The van der Waals surface area contributed by atoms with Gasteiger partial charge in [-0.15, -0.1) is 8.78 Å². The van der Waals surface area contributed by atoms with E-state index >= 15 is 0 Å². The summed E-state index contributed by atoms with van der Waals surface area (Å²) in [5.41, 5.74) is 1.99. The lowest BCUT2D eigenvalue weighted by Gasteiger charge is -2.18. The largest absolute Gasteiger partial charge is 0.586 e. The minimum atomic E-state index is -3.71. The molecule has 9 heteroatoms. The van der Waals surface area contributed by atoms with E-state index < -0.39 is 6.29 Å². The maximum absolute atomic E-state index is 13.1. The van der Waals surface area contributed by atoms with Gasteiger partial charge >= 0.3 is 6.29 Å². The van der Waals surface area contributed by atoms with Gasteiger partial charge in [-0.25, -0.2) is 0 Å². The average Bonchev–Trinajstić information content (AvgIpc) is 2.96. The molecule has 0 aromatic heterocycles. The number of carbonyl (C=O) groups excluding carboxylic acids is 2. The summed E-state index contributed by atoms with van der Waals surface area (Å²) < 4.78 is 35.0. The van der Waals surface area contributed by atoms with Crippen LogP contribution in [0.5, 0.6) is 11.5 Å². The zero-order chi connectivity index (χ0) is 21.7. The number of benzene rings is 2. The van der Waals surface area contributed by atoms with Crippen molar-refractivity contribution in [3.63, 3.8) is 0 Å². The van der Waals surface area contributed by atoms with Crippen LogP contribution in [0, 0.1) is 6.92 Å². The molecule has 2 aromatic rings. The van der Waals surface area contributed by atoms with E-state index in [4.69, 9.17) is 0 Å². The SMILES string of the molecule is CCC[NH+](CC(=O)Nc1ccc2c(c1)OC(F)(F)O2)CC(=O)Nc1ccccc1C. The van der Waals surface area contributed by atoms with Gasteiger partial charge in [0.25, 0.3) is 11.8 Å². The van der Waals surface area contributed by atoms with Gasteiger partial charge in [0.15, 0.2) is 24.6 Å². The lowest BCUT2D eigenvalue weighted by atomic mass is 10.2. The first-order valence-electron chi connectivity index (χ1n) is 9.64. The van der Waals surface area contributed by atoms with Gasteiger partial charge in [-0.05, 0) is 37.1 Å². The molecular formula is C21H24F2N3O4+. The van der Waals surface area contributed by atoms with Crippen LogP contribution in [0.25, 0.3) is 0 Å². The molecule has 1 aliphatic rings. The molecule has 1 heterocycles. The standard InChI is InChI=1S/C21H23F2N3O4/c1-3-10-26(13-20(28)25-16-7-5-4-6-14(16)2)12-19(27)24-15-8-9-17-18(11-15)30-21(22,23)29-17/h4-9,11H,3,10,12-13H2,1-2H3,(H,24,27)(H,25,28)/p+1. The molecule has 1 unspecified atom stereocenters. The van der Waals surface area contributed by atoms with Crippen molar-refractivity contribution in [2.45, 2.75) is 26.6 Å². The Balaban J connectivity index is 1.56. The normalized spacial score (nSPS) is 14.8. The minimum Gasteiger partial charge on any atom is -0.395 e. The Labute approximate surface area is 173 Å². The van der Waals surface area contributed by atoms with Crippen LogP contribution in [0.3, 0.4) is 0 Å². The Morgan fingerprint density at radius 2 is 1.67 bits per heavy atom. The number of quaternary nitrogens is 1. The number of carbonyl (C=O) groups is 2. The van der Waals surface area contributed by atoms with Crippen molar-refractivity contribution in [3.05, 3.63) is 48.0 Å². The second-order valence-corrected chi connectivity index (χ2v) is 7.09. The summed E-state index contributed by atoms with van der Waals surface area (Å²) >= 11 is 0. The Morgan fingerprint density at radius 1 is 1.00 bits per heavy atom. The highest BCUT2D eigenvalue weighted by Gasteiger charge is 2.43. The summed E-state index contributed by atoms with van der Waals surface area (Å²) in [6.45, 7) is 4.68. The Kier molecular flexibility index (Phi) is 6.51. The number of amides is 2. The number of rotatable bonds is 8. The molecule has 0 aliphatic carbocycles. The Hall–Kier alpha value is -3.20. The van der Waals surface area contributed by atoms with Crippen molar-refractivity contribution in [1.29, 1.82) is 0 Å². The molecule has 1 aliphatic heterocycles. The van der Waals surface area contributed by atoms with Gasteiger partial charge in [-0.3, -0.25) is 9.59 Å². The quantitative estimate of drug-likeness (QED) is 0.612. The predicted molar refractivity (Wildman–Crippen MR) is 107 cm³/mol. The molecule has 0 spiro atoms. The number of hydrogen-bond acceptors (Lipinski definition) is 4. The first kappa shape index (κ1) is 21.5. The molecule has 30 heavy (non-hydrogen) atoms. The fourth-order valence-electron chi connectivity index (χ4n) is 3.19. The lowest BCUT2D eigenvalue weighted by Crippen LogP contribution is -3.14. The van der Waals surface area contributed by atoms with Gasteiger partial charge in [0.2, 0.25) is 0 Å². The molecule has 160 valence electrons. The second-order valence-electron chi connectivity index (χ2n) is 7.09. The molecule has 0 saturated carbocycles. The summed E-state index contributed by atoms with van der Waals surface area (Å²) in [4.78, 5) is 25.6. The van der Waals surface area contributed by atoms with Crippen molar-refractivity contribution >= 4 is 23.2 Å². The zero-order valence-electron chi connectivity index (χ0n) is 16.8. The number of hydrogen-bond donors (Lipinski definition) is 3. The first-order valence-corrected chi connectivity index (χ1v) is 9.64. The molecule has 0 bridgehead atoms. The van der Waals surface area contributed by atoms with Gasteiger partial charge in [0.05, 0.1) is 6.54 Å². The molecule has 3 rings (SSSR count). The van der Waals surface area contributed by atoms with Crippen molar-refractivity contribution in [2.24, 2.45) is 0 Å². The highest BCUT2D eigenvalue weighted by Crippen LogP contribution is 2.42. The van der Waals surface area contributed by atoms with Crippen molar-refractivity contribution in [2.75, 3.05) is 30.3 Å². The topological polar surface area (TPSA) is 81.1 Å². The molecule has 3 N–H and O–H groups in total. The monoisotopic (exact) mass is 420 g/mol. The Morgan fingerprint density at radius 3 is 2.37 bits per heavy atom. The van der Waals surface area contributed by atoms with Gasteiger partial charge in [0, 0.05) is 17.4 Å². The smallest absolute Gasteiger partial charge is 0.395 e. The van der Waals surface area contributed by atoms with Crippen LogP contribution in [0.1, 0.15) is 18.9 Å². The lowest BCUT2D eigenvalue weighted by molar-refractivity contribution is -0.883. The summed E-state index contributed by atoms with van der Waals surface area (Å²) in [5, 5.41) is 5.51. The maximum atomic E-state index is 13.1. The molecular weight excluding hydrogens is 396 g/mol. The van der Waals surface area contributed by atoms with Crippen LogP contribution in [0.15, 0.2) is 42.5 Å². The third-order valence-corrected chi connectivity index (χ3v) is 4.53. The van der Waals surface area contributed by atoms with Gasteiger partial charge < -0.3 is 25.0 Å². The van der Waals surface area contributed by atoms with E-state index in [1.165, 1.54) is 18.2 Å². The number of ether oxygens (including phenoxy) is 2. The van der Waals surface area contributed by atoms with Crippen LogP contribution >= 0.6 is 0 Å². The summed E-state index contributed by atoms with van der Waals surface area (Å²) in [6, 6.07) is 11.5. The van der Waals surface area contributed by atoms with Crippen LogP contribution < -0.4 is 25.0 Å². The van der Waals surface area contributed by atoms with E-state index in [1.54, 1.807) is 0 Å². The molecule has 0 fully saturated rings. The van der Waals surface area contributed by atoms with E-state index in [0.29, 0.717) is 12.2 Å². The highest BCUT2D eigenvalue weighted by molar-refractivity contribution is 5.93. The third-order valence-electron chi connectivity index (χ3n) is 4.53. The molecule has 2 aromatic carbocycles. The van der Waals surface area contributed by atoms with Crippen LogP contribution in [0.4, 0.5) is 20.2 Å². The maximum Gasteiger partial charge on any atom is 0.586 e. The number of anilines is 2.